The van der Waals surface area contributed by atoms with Gasteiger partial charge in [-0.25, -0.2) is 0 Å². The topological polar surface area (TPSA) is 48.0 Å². The maximum Gasteiger partial charge on any atom is 0.165 e. The molecule has 0 aliphatic heterocycles. The van der Waals surface area contributed by atoms with Crippen LogP contribution in [0.5, 0.6) is 0 Å². The highest BCUT2D eigenvalue weighted by Crippen LogP contribution is 2.18. The minimum absolute atomic E-state index is 0.158. The van der Waals surface area contributed by atoms with Gasteiger partial charge in [-0.15, -0.1) is 0 Å². The fraction of sp³-hybridized carbons (Fsp3) is 0.615. The molecule has 1 aromatic heterocycles. The van der Waals surface area contributed by atoms with Crippen molar-refractivity contribution < 1.29 is 4.79 Å². The number of hydrogen-bond acceptors (Lipinski definition) is 2. The molecule has 0 saturated heterocycles. The number of nitrogens with zero attached hydrogens (tertiary/aromatic N) is 1. The summed E-state index contributed by atoms with van der Waals surface area (Å²) in [4.78, 5) is 11.8. The Bertz CT molecular complexity index is 378. The Morgan fingerprint density at radius 3 is 2.56 bits per heavy atom. The van der Waals surface area contributed by atoms with E-state index in [1.165, 1.54) is 0 Å². The van der Waals surface area contributed by atoms with Gasteiger partial charge in [0.05, 0.1) is 0 Å². The predicted molar refractivity (Wildman–Crippen MR) is 66.7 cm³/mol. The van der Waals surface area contributed by atoms with Gasteiger partial charge in [0.1, 0.15) is 0 Å². The number of nitrogens with two attached hydrogens (primary N) is 1. The second-order valence-corrected chi connectivity index (χ2v) is 4.75. The van der Waals surface area contributed by atoms with E-state index in [0.29, 0.717) is 18.9 Å². The zero-order valence-electron chi connectivity index (χ0n) is 10.7. The van der Waals surface area contributed by atoms with Crippen molar-refractivity contribution in [2.24, 2.45) is 11.7 Å². The summed E-state index contributed by atoms with van der Waals surface area (Å²) in [5.74, 6) is 0.743. The lowest BCUT2D eigenvalue weighted by Gasteiger charge is -2.12. The lowest BCUT2D eigenvalue weighted by Crippen LogP contribution is -2.11. The third-order valence-corrected chi connectivity index (χ3v) is 2.79. The molecular weight excluding hydrogens is 200 g/mol. The Morgan fingerprint density at radius 1 is 1.44 bits per heavy atom. The van der Waals surface area contributed by atoms with Crippen molar-refractivity contribution in [3.8, 4) is 0 Å². The van der Waals surface area contributed by atoms with E-state index in [4.69, 9.17) is 5.73 Å². The van der Waals surface area contributed by atoms with Crippen molar-refractivity contribution in [3.63, 3.8) is 0 Å². The van der Waals surface area contributed by atoms with Crippen molar-refractivity contribution in [3.05, 3.63) is 23.0 Å². The number of carbonyl (C=O) groups is 1. The van der Waals surface area contributed by atoms with Crippen molar-refractivity contribution >= 4 is 5.78 Å². The minimum atomic E-state index is 0.158. The molecule has 0 fully saturated rings. The first-order chi connectivity index (χ1) is 7.47. The SMILES string of the molecule is Cc1cc(C(=O)CCN)c(C)n1CC(C)C. The van der Waals surface area contributed by atoms with Crippen molar-refractivity contribution in [1.82, 2.24) is 4.57 Å². The molecular formula is C13H22N2O. The zero-order valence-corrected chi connectivity index (χ0v) is 10.7. The van der Waals surface area contributed by atoms with Crippen molar-refractivity contribution in [1.29, 1.82) is 0 Å². The molecule has 1 aromatic rings. The summed E-state index contributed by atoms with van der Waals surface area (Å²) < 4.78 is 2.22. The molecule has 0 aromatic carbocycles. The van der Waals surface area contributed by atoms with Crippen LogP contribution in [0.4, 0.5) is 0 Å². The molecule has 1 heterocycles. The van der Waals surface area contributed by atoms with Gasteiger partial charge in [0.2, 0.25) is 0 Å². The number of hydrogen-bond donors (Lipinski definition) is 1. The van der Waals surface area contributed by atoms with E-state index in [0.717, 1.165) is 23.5 Å². The van der Waals surface area contributed by atoms with Crippen molar-refractivity contribution in [2.75, 3.05) is 6.54 Å². The molecule has 3 nitrogen and oxygen atoms in total. The van der Waals surface area contributed by atoms with Gasteiger partial charge in [0.15, 0.2) is 5.78 Å². The smallest absolute Gasteiger partial charge is 0.165 e. The fourth-order valence-electron chi connectivity index (χ4n) is 2.00. The highest BCUT2D eigenvalue weighted by atomic mass is 16.1. The molecule has 0 atom stereocenters. The number of carbonyl (C=O) groups excluding carboxylic acids is 1. The molecule has 2 N–H and O–H groups in total. The highest BCUT2D eigenvalue weighted by Gasteiger charge is 2.15. The van der Waals surface area contributed by atoms with Gasteiger partial charge >= 0.3 is 0 Å². The third kappa shape index (κ3) is 2.73. The zero-order chi connectivity index (χ0) is 12.3. The fourth-order valence-corrected chi connectivity index (χ4v) is 2.00. The van der Waals surface area contributed by atoms with E-state index in [1.54, 1.807) is 0 Å². The number of Topliss-reactive ketones (excluding diaryl/α,β-unsaturated/α-hetero) is 1. The molecule has 0 spiro atoms. The van der Waals surface area contributed by atoms with Crippen LogP contribution in [0.1, 0.15) is 42.0 Å². The summed E-state index contributed by atoms with van der Waals surface area (Å²) in [6.45, 7) is 9.81. The molecule has 0 saturated carbocycles. The van der Waals surface area contributed by atoms with Gasteiger partial charge in [-0.05, 0) is 32.4 Å². The summed E-state index contributed by atoms with van der Waals surface area (Å²) in [5, 5.41) is 0. The summed E-state index contributed by atoms with van der Waals surface area (Å²) in [6, 6.07) is 1.98. The van der Waals surface area contributed by atoms with E-state index in [-0.39, 0.29) is 5.78 Å². The van der Waals surface area contributed by atoms with Gasteiger partial charge in [0, 0.05) is 29.9 Å². The molecule has 0 amide bonds. The number of rotatable bonds is 5. The molecule has 16 heavy (non-hydrogen) atoms. The molecule has 90 valence electrons. The third-order valence-electron chi connectivity index (χ3n) is 2.79. The first-order valence-electron chi connectivity index (χ1n) is 5.87. The Kier molecular flexibility index (Phi) is 4.30. The van der Waals surface area contributed by atoms with Crippen LogP contribution in [0.2, 0.25) is 0 Å². The first-order valence-corrected chi connectivity index (χ1v) is 5.87. The van der Waals surface area contributed by atoms with Crippen LogP contribution in [-0.4, -0.2) is 16.9 Å². The monoisotopic (exact) mass is 222 g/mol. The van der Waals surface area contributed by atoms with E-state index < -0.39 is 0 Å². The van der Waals surface area contributed by atoms with Crippen LogP contribution in [0.15, 0.2) is 6.07 Å². The normalized spacial score (nSPS) is 11.1. The Balaban J connectivity index is 3.01. The van der Waals surface area contributed by atoms with E-state index >= 15 is 0 Å². The molecule has 0 radical (unpaired) electrons. The van der Waals surface area contributed by atoms with Crippen molar-refractivity contribution in [2.45, 2.75) is 40.7 Å². The van der Waals surface area contributed by atoms with Gasteiger partial charge in [-0.2, -0.15) is 0 Å². The summed E-state index contributed by atoms with van der Waals surface area (Å²) in [7, 11) is 0. The first kappa shape index (κ1) is 13.0. The Morgan fingerprint density at radius 2 is 2.06 bits per heavy atom. The maximum absolute atomic E-state index is 11.8. The number of aryl methyl sites for hydroxylation is 1. The van der Waals surface area contributed by atoms with Crippen LogP contribution >= 0.6 is 0 Å². The maximum atomic E-state index is 11.8. The second kappa shape index (κ2) is 5.30. The van der Waals surface area contributed by atoms with Crippen LogP contribution in [-0.2, 0) is 6.54 Å². The van der Waals surface area contributed by atoms with Gasteiger partial charge in [0.25, 0.3) is 0 Å². The standard InChI is InChI=1S/C13H22N2O/c1-9(2)8-15-10(3)7-12(11(15)4)13(16)5-6-14/h7,9H,5-6,8,14H2,1-4H3. The van der Waals surface area contributed by atoms with Gasteiger partial charge < -0.3 is 10.3 Å². The lowest BCUT2D eigenvalue weighted by atomic mass is 10.1. The van der Waals surface area contributed by atoms with E-state index in [1.807, 2.05) is 13.0 Å². The molecule has 0 aliphatic rings. The van der Waals surface area contributed by atoms with Crippen LogP contribution in [0.3, 0.4) is 0 Å². The minimum Gasteiger partial charge on any atom is -0.348 e. The second-order valence-electron chi connectivity index (χ2n) is 4.75. The largest absolute Gasteiger partial charge is 0.348 e. The summed E-state index contributed by atoms with van der Waals surface area (Å²) in [5.41, 5.74) is 8.48. The van der Waals surface area contributed by atoms with Crippen LogP contribution in [0.25, 0.3) is 0 Å². The summed E-state index contributed by atoms with van der Waals surface area (Å²) >= 11 is 0. The number of ketones is 1. The molecule has 1 rings (SSSR count). The van der Waals surface area contributed by atoms with Crippen LogP contribution in [0, 0.1) is 19.8 Å². The van der Waals surface area contributed by atoms with Gasteiger partial charge in [-0.1, -0.05) is 13.8 Å². The molecule has 0 unspecified atom stereocenters. The Hall–Kier alpha value is -1.09. The van der Waals surface area contributed by atoms with E-state index in [2.05, 4.69) is 25.3 Å². The molecule has 0 bridgehead atoms. The molecule has 0 aliphatic carbocycles. The highest BCUT2D eigenvalue weighted by molar-refractivity contribution is 5.97. The predicted octanol–water partition coefficient (Wildman–Crippen LogP) is 2.29. The Labute approximate surface area is 97.6 Å². The van der Waals surface area contributed by atoms with Gasteiger partial charge in [-0.3, -0.25) is 4.79 Å². The number of aromatic nitrogens is 1. The lowest BCUT2D eigenvalue weighted by molar-refractivity contribution is 0.0984. The average Bonchev–Trinajstić information content (AvgIpc) is 2.45. The average molecular weight is 222 g/mol. The summed E-state index contributed by atoms with van der Waals surface area (Å²) in [6.07, 6.45) is 0.436. The molecule has 3 heteroatoms. The van der Waals surface area contributed by atoms with Crippen LogP contribution < -0.4 is 5.73 Å². The van der Waals surface area contributed by atoms with E-state index in [9.17, 15) is 4.79 Å². The quantitative estimate of drug-likeness (QED) is 0.777.